The topological polar surface area (TPSA) is 111 Å². The Morgan fingerprint density at radius 3 is 2.14 bits per heavy atom. The van der Waals surface area contributed by atoms with Crippen molar-refractivity contribution in [2.24, 2.45) is 11.8 Å². The number of carbonyl (C=O) groups is 2. The van der Waals surface area contributed by atoms with Crippen LogP contribution in [-0.4, -0.2) is 23.7 Å². The number of rotatable bonds is 4. The van der Waals surface area contributed by atoms with Gasteiger partial charge in [0, 0.05) is 0 Å². The number of esters is 1. The predicted octanol–water partition coefficient (Wildman–Crippen LogP) is -0.0863. The SMILES string of the molecule is CCOC(=O)C(C#N)C(C#N)C(=O)O. The molecule has 0 aliphatic rings. The van der Waals surface area contributed by atoms with Crippen LogP contribution in [0.5, 0.6) is 0 Å². The van der Waals surface area contributed by atoms with Crippen molar-refractivity contribution >= 4 is 11.9 Å². The molecular formula is C8H8N2O4. The fraction of sp³-hybridized carbons (Fsp3) is 0.500. The lowest BCUT2D eigenvalue weighted by Gasteiger charge is -2.09. The van der Waals surface area contributed by atoms with Crippen molar-refractivity contribution in [2.45, 2.75) is 6.92 Å². The van der Waals surface area contributed by atoms with Gasteiger partial charge in [0.25, 0.3) is 0 Å². The van der Waals surface area contributed by atoms with Gasteiger partial charge in [0.15, 0.2) is 11.8 Å². The average Bonchev–Trinajstić information content (AvgIpc) is 2.13. The molecule has 0 heterocycles. The molecule has 2 unspecified atom stereocenters. The van der Waals surface area contributed by atoms with Gasteiger partial charge in [-0.15, -0.1) is 0 Å². The zero-order valence-electron chi connectivity index (χ0n) is 7.43. The van der Waals surface area contributed by atoms with Crippen LogP contribution in [0.3, 0.4) is 0 Å². The molecule has 0 aromatic rings. The molecule has 0 aliphatic carbocycles. The largest absolute Gasteiger partial charge is 0.480 e. The predicted molar refractivity (Wildman–Crippen MR) is 42.5 cm³/mol. The summed E-state index contributed by atoms with van der Waals surface area (Å²) in [5.74, 6) is -5.74. The van der Waals surface area contributed by atoms with Crippen LogP contribution in [0.1, 0.15) is 6.92 Å². The van der Waals surface area contributed by atoms with E-state index in [0.717, 1.165) is 0 Å². The second-order valence-corrected chi connectivity index (χ2v) is 2.30. The Hall–Kier alpha value is -2.08. The van der Waals surface area contributed by atoms with E-state index in [1.807, 2.05) is 0 Å². The van der Waals surface area contributed by atoms with Crippen LogP contribution in [-0.2, 0) is 14.3 Å². The zero-order valence-corrected chi connectivity index (χ0v) is 7.43. The first-order valence-electron chi connectivity index (χ1n) is 3.77. The summed E-state index contributed by atoms with van der Waals surface area (Å²) in [6.45, 7) is 1.56. The second-order valence-electron chi connectivity index (χ2n) is 2.30. The lowest BCUT2D eigenvalue weighted by Crippen LogP contribution is -2.29. The maximum atomic E-state index is 11.0. The molecule has 0 saturated heterocycles. The Morgan fingerprint density at radius 1 is 1.36 bits per heavy atom. The fourth-order valence-electron chi connectivity index (χ4n) is 0.768. The van der Waals surface area contributed by atoms with E-state index in [0.29, 0.717) is 0 Å². The molecule has 6 heteroatoms. The van der Waals surface area contributed by atoms with Crippen molar-refractivity contribution in [3.63, 3.8) is 0 Å². The van der Waals surface area contributed by atoms with Gasteiger partial charge in [0.1, 0.15) is 0 Å². The van der Waals surface area contributed by atoms with Gasteiger partial charge in [-0.3, -0.25) is 9.59 Å². The summed E-state index contributed by atoms with van der Waals surface area (Å²) in [6, 6.07) is 2.81. The quantitative estimate of drug-likeness (QED) is 0.629. The molecule has 0 fully saturated rings. The summed E-state index contributed by atoms with van der Waals surface area (Å²) in [4.78, 5) is 21.5. The van der Waals surface area contributed by atoms with Crippen LogP contribution in [0.2, 0.25) is 0 Å². The first kappa shape index (κ1) is 11.9. The van der Waals surface area contributed by atoms with Gasteiger partial charge in [-0.2, -0.15) is 10.5 Å². The molecule has 74 valence electrons. The fourth-order valence-corrected chi connectivity index (χ4v) is 0.768. The summed E-state index contributed by atoms with van der Waals surface area (Å²) >= 11 is 0. The Balaban J connectivity index is 4.73. The molecular weight excluding hydrogens is 188 g/mol. The third-order valence-corrected chi connectivity index (χ3v) is 1.42. The molecule has 0 aromatic heterocycles. The maximum absolute atomic E-state index is 11.0. The van der Waals surface area contributed by atoms with Gasteiger partial charge < -0.3 is 9.84 Å². The molecule has 14 heavy (non-hydrogen) atoms. The summed E-state index contributed by atoms with van der Waals surface area (Å²) in [7, 11) is 0. The molecule has 0 rings (SSSR count). The minimum absolute atomic E-state index is 0.0365. The number of carbonyl (C=O) groups excluding carboxylic acids is 1. The Bertz CT molecular complexity index is 312. The Kier molecular flexibility index (Phi) is 4.72. The van der Waals surface area contributed by atoms with E-state index in [1.54, 1.807) is 0 Å². The number of hydrogen-bond acceptors (Lipinski definition) is 5. The van der Waals surface area contributed by atoms with Gasteiger partial charge in [-0.25, -0.2) is 0 Å². The van der Waals surface area contributed by atoms with Crippen molar-refractivity contribution in [1.82, 2.24) is 0 Å². The summed E-state index contributed by atoms with van der Waals surface area (Å²) < 4.78 is 4.45. The highest BCUT2D eigenvalue weighted by molar-refractivity contribution is 5.84. The molecule has 0 spiro atoms. The van der Waals surface area contributed by atoms with E-state index in [4.69, 9.17) is 15.6 Å². The zero-order chi connectivity index (χ0) is 11.1. The maximum Gasteiger partial charge on any atom is 0.325 e. The van der Waals surface area contributed by atoms with Crippen LogP contribution >= 0.6 is 0 Å². The Labute approximate surface area is 80.3 Å². The molecule has 0 saturated carbocycles. The second kappa shape index (κ2) is 5.55. The van der Waals surface area contributed by atoms with Crippen LogP contribution in [0.4, 0.5) is 0 Å². The molecule has 1 N–H and O–H groups in total. The van der Waals surface area contributed by atoms with Crippen LogP contribution in [0.15, 0.2) is 0 Å². The minimum Gasteiger partial charge on any atom is -0.480 e. The van der Waals surface area contributed by atoms with E-state index in [2.05, 4.69) is 4.74 Å². The van der Waals surface area contributed by atoms with E-state index in [1.165, 1.54) is 19.1 Å². The lowest BCUT2D eigenvalue weighted by molar-refractivity contribution is -0.153. The van der Waals surface area contributed by atoms with E-state index < -0.39 is 23.8 Å². The molecule has 0 bridgehead atoms. The van der Waals surface area contributed by atoms with Crippen molar-refractivity contribution in [1.29, 1.82) is 10.5 Å². The smallest absolute Gasteiger partial charge is 0.325 e. The normalized spacial score (nSPS) is 13.1. The Morgan fingerprint density at radius 2 is 1.86 bits per heavy atom. The van der Waals surface area contributed by atoms with Crippen LogP contribution in [0.25, 0.3) is 0 Å². The molecule has 6 nitrogen and oxygen atoms in total. The highest BCUT2D eigenvalue weighted by Crippen LogP contribution is 2.12. The van der Waals surface area contributed by atoms with Gasteiger partial charge in [0.2, 0.25) is 0 Å². The molecule has 0 amide bonds. The van der Waals surface area contributed by atoms with Gasteiger partial charge in [-0.05, 0) is 6.92 Å². The highest BCUT2D eigenvalue weighted by atomic mass is 16.5. The van der Waals surface area contributed by atoms with E-state index in [-0.39, 0.29) is 6.61 Å². The average molecular weight is 196 g/mol. The van der Waals surface area contributed by atoms with Crippen molar-refractivity contribution in [3.8, 4) is 12.1 Å². The molecule has 0 radical (unpaired) electrons. The van der Waals surface area contributed by atoms with Crippen molar-refractivity contribution in [3.05, 3.63) is 0 Å². The number of hydrogen-bond donors (Lipinski definition) is 1. The number of ether oxygens (including phenoxy) is 1. The third-order valence-electron chi connectivity index (χ3n) is 1.42. The lowest BCUT2D eigenvalue weighted by atomic mass is 9.95. The number of aliphatic carboxylic acids is 1. The van der Waals surface area contributed by atoms with Crippen molar-refractivity contribution < 1.29 is 19.4 Å². The number of carboxylic acid groups (broad SMARTS) is 1. The highest BCUT2D eigenvalue weighted by Gasteiger charge is 2.35. The number of carboxylic acids is 1. The monoisotopic (exact) mass is 196 g/mol. The summed E-state index contributed by atoms with van der Waals surface area (Å²) in [6.07, 6.45) is 0. The number of nitriles is 2. The van der Waals surface area contributed by atoms with Gasteiger partial charge >= 0.3 is 11.9 Å². The molecule has 0 aliphatic heterocycles. The number of nitrogens with zero attached hydrogens (tertiary/aromatic N) is 2. The first-order chi connectivity index (χ1) is 6.58. The first-order valence-corrected chi connectivity index (χ1v) is 3.77. The van der Waals surface area contributed by atoms with Crippen LogP contribution in [0, 0.1) is 34.5 Å². The van der Waals surface area contributed by atoms with Crippen molar-refractivity contribution in [2.75, 3.05) is 6.61 Å². The van der Waals surface area contributed by atoms with Crippen LogP contribution < -0.4 is 0 Å². The standard InChI is InChI=1S/C8H8N2O4/c1-2-14-8(13)6(4-10)5(3-9)7(11)12/h5-6H,2H2,1H3,(H,11,12). The molecule has 2 atom stereocenters. The van der Waals surface area contributed by atoms with E-state index >= 15 is 0 Å². The summed E-state index contributed by atoms with van der Waals surface area (Å²) in [5.41, 5.74) is 0. The summed E-state index contributed by atoms with van der Waals surface area (Å²) in [5, 5.41) is 25.4. The minimum atomic E-state index is -1.68. The molecule has 0 aromatic carbocycles. The third kappa shape index (κ3) is 2.76. The van der Waals surface area contributed by atoms with E-state index in [9.17, 15) is 9.59 Å². The van der Waals surface area contributed by atoms with Gasteiger partial charge in [-0.1, -0.05) is 0 Å². The van der Waals surface area contributed by atoms with Gasteiger partial charge in [0.05, 0.1) is 18.7 Å².